The van der Waals surface area contributed by atoms with Crippen LogP contribution in [-0.4, -0.2) is 16.1 Å². The van der Waals surface area contributed by atoms with Crippen molar-refractivity contribution in [1.82, 2.24) is 4.98 Å². The summed E-state index contributed by atoms with van der Waals surface area (Å²) in [5.41, 5.74) is 1.16. The highest BCUT2D eigenvalue weighted by Gasteiger charge is 2.12. The second-order valence-corrected chi connectivity index (χ2v) is 2.76. The molecular formula is C8H11NO2. The molecule has 2 N–H and O–H groups in total. The van der Waals surface area contributed by atoms with Crippen LogP contribution in [0.3, 0.4) is 0 Å². The van der Waals surface area contributed by atoms with Gasteiger partial charge in [-0.05, 0) is 12.0 Å². The quantitative estimate of drug-likeness (QED) is 0.681. The molecule has 0 atom stereocenters. The Kier molecular flexibility index (Phi) is 1.98. The number of carbonyl (C=O) groups is 1. The van der Waals surface area contributed by atoms with Crippen LogP contribution in [0.15, 0.2) is 12.3 Å². The molecule has 0 unspecified atom stereocenters. The van der Waals surface area contributed by atoms with Crippen molar-refractivity contribution >= 4 is 5.97 Å². The van der Waals surface area contributed by atoms with Gasteiger partial charge in [-0.25, -0.2) is 4.79 Å². The van der Waals surface area contributed by atoms with Crippen LogP contribution in [0.2, 0.25) is 0 Å². The zero-order valence-electron chi connectivity index (χ0n) is 6.59. The Labute approximate surface area is 65.1 Å². The van der Waals surface area contributed by atoms with E-state index in [1.807, 2.05) is 13.8 Å². The third-order valence-electron chi connectivity index (χ3n) is 1.59. The van der Waals surface area contributed by atoms with Crippen molar-refractivity contribution in [2.24, 2.45) is 0 Å². The number of aromatic nitrogens is 1. The summed E-state index contributed by atoms with van der Waals surface area (Å²) in [4.78, 5) is 13.5. The number of nitrogens with one attached hydrogen (secondary N) is 1. The standard InChI is InChI=1S/C8H11NO2/c1-5(2)7-6(8(10)11)3-4-9-7/h3-5,9H,1-2H3,(H,10,11). The largest absolute Gasteiger partial charge is 0.478 e. The smallest absolute Gasteiger partial charge is 0.337 e. The van der Waals surface area contributed by atoms with Gasteiger partial charge in [0.05, 0.1) is 5.56 Å². The molecule has 3 heteroatoms. The van der Waals surface area contributed by atoms with Crippen molar-refractivity contribution in [3.63, 3.8) is 0 Å². The molecule has 0 saturated heterocycles. The fourth-order valence-corrected chi connectivity index (χ4v) is 1.05. The molecule has 0 aliphatic rings. The molecule has 0 aliphatic carbocycles. The summed E-state index contributed by atoms with van der Waals surface area (Å²) in [5, 5.41) is 8.68. The summed E-state index contributed by atoms with van der Waals surface area (Å²) < 4.78 is 0. The van der Waals surface area contributed by atoms with Crippen LogP contribution in [0.1, 0.15) is 35.8 Å². The van der Waals surface area contributed by atoms with Gasteiger partial charge >= 0.3 is 5.97 Å². The first-order valence-electron chi connectivity index (χ1n) is 3.53. The van der Waals surface area contributed by atoms with Gasteiger partial charge in [0.1, 0.15) is 0 Å². The summed E-state index contributed by atoms with van der Waals surface area (Å²) in [7, 11) is 0. The third kappa shape index (κ3) is 1.42. The van der Waals surface area contributed by atoms with E-state index in [2.05, 4.69) is 4.98 Å². The lowest BCUT2D eigenvalue weighted by Crippen LogP contribution is -2.01. The van der Waals surface area contributed by atoms with Gasteiger partial charge in [-0.1, -0.05) is 13.8 Å². The molecule has 1 heterocycles. The van der Waals surface area contributed by atoms with E-state index < -0.39 is 5.97 Å². The Bertz CT molecular complexity index is 263. The monoisotopic (exact) mass is 153 g/mol. The minimum absolute atomic E-state index is 0.232. The minimum Gasteiger partial charge on any atom is -0.478 e. The van der Waals surface area contributed by atoms with Gasteiger partial charge in [0, 0.05) is 11.9 Å². The van der Waals surface area contributed by atoms with E-state index in [4.69, 9.17) is 5.11 Å². The topological polar surface area (TPSA) is 53.1 Å². The fraction of sp³-hybridized carbons (Fsp3) is 0.375. The van der Waals surface area contributed by atoms with E-state index in [0.29, 0.717) is 5.56 Å². The second-order valence-electron chi connectivity index (χ2n) is 2.76. The van der Waals surface area contributed by atoms with Gasteiger partial charge in [-0.15, -0.1) is 0 Å². The molecular weight excluding hydrogens is 142 g/mol. The predicted octanol–water partition coefficient (Wildman–Crippen LogP) is 1.84. The van der Waals surface area contributed by atoms with Gasteiger partial charge in [-0.3, -0.25) is 0 Å². The molecule has 1 aromatic heterocycles. The van der Waals surface area contributed by atoms with E-state index in [-0.39, 0.29) is 5.92 Å². The molecule has 0 fully saturated rings. The number of H-pyrrole nitrogens is 1. The van der Waals surface area contributed by atoms with Crippen molar-refractivity contribution in [2.45, 2.75) is 19.8 Å². The van der Waals surface area contributed by atoms with Gasteiger partial charge in [0.15, 0.2) is 0 Å². The number of hydrogen-bond acceptors (Lipinski definition) is 1. The maximum atomic E-state index is 10.6. The minimum atomic E-state index is -0.866. The normalized spacial score (nSPS) is 10.5. The SMILES string of the molecule is CC(C)c1[nH]ccc1C(=O)O. The first-order valence-corrected chi connectivity index (χ1v) is 3.53. The highest BCUT2D eigenvalue weighted by molar-refractivity contribution is 5.89. The van der Waals surface area contributed by atoms with Crippen LogP contribution >= 0.6 is 0 Å². The van der Waals surface area contributed by atoms with E-state index in [1.165, 1.54) is 0 Å². The molecule has 60 valence electrons. The molecule has 3 nitrogen and oxygen atoms in total. The van der Waals surface area contributed by atoms with Crippen molar-refractivity contribution in [1.29, 1.82) is 0 Å². The average molecular weight is 153 g/mol. The molecule has 0 bridgehead atoms. The predicted molar refractivity (Wildman–Crippen MR) is 41.8 cm³/mol. The van der Waals surface area contributed by atoms with Gasteiger partial charge in [-0.2, -0.15) is 0 Å². The number of hydrogen-bond donors (Lipinski definition) is 2. The molecule has 0 spiro atoms. The Balaban J connectivity index is 3.06. The van der Waals surface area contributed by atoms with E-state index in [1.54, 1.807) is 12.3 Å². The van der Waals surface area contributed by atoms with Crippen LogP contribution in [0.4, 0.5) is 0 Å². The molecule has 0 saturated carbocycles. The first kappa shape index (κ1) is 7.85. The van der Waals surface area contributed by atoms with Gasteiger partial charge in [0.25, 0.3) is 0 Å². The first-order chi connectivity index (χ1) is 5.13. The van der Waals surface area contributed by atoms with E-state index >= 15 is 0 Å². The van der Waals surface area contributed by atoms with Gasteiger partial charge < -0.3 is 10.1 Å². The molecule has 1 aromatic rings. The number of aromatic amines is 1. The van der Waals surface area contributed by atoms with E-state index in [0.717, 1.165) is 5.69 Å². The zero-order chi connectivity index (χ0) is 8.43. The average Bonchev–Trinajstić information content (AvgIpc) is 2.32. The van der Waals surface area contributed by atoms with Crippen LogP contribution < -0.4 is 0 Å². The Morgan fingerprint density at radius 1 is 1.64 bits per heavy atom. The van der Waals surface area contributed by atoms with Crippen molar-refractivity contribution < 1.29 is 9.90 Å². The van der Waals surface area contributed by atoms with Gasteiger partial charge in [0.2, 0.25) is 0 Å². The number of carboxylic acids is 1. The summed E-state index contributed by atoms with van der Waals surface area (Å²) in [5.74, 6) is -0.633. The molecule has 0 aromatic carbocycles. The Morgan fingerprint density at radius 2 is 2.27 bits per heavy atom. The molecule has 0 aliphatic heterocycles. The highest BCUT2D eigenvalue weighted by atomic mass is 16.4. The van der Waals surface area contributed by atoms with Crippen molar-refractivity contribution in [3.05, 3.63) is 23.5 Å². The third-order valence-corrected chi connectivity index (χ3v) is 1.59. The van der Waals surface area contributed by atoms with Crippen LogP contribution in [0, 0.1) is 0 Å². The molecule has 0 radical (unpaired) electrons. The van der Waals surface area contributed by atoms with Crippen molar-refractivity contribution in [3.8, 4) is 0 Å². The lowest BCUT2D eigenvalue weighted by atomic mass is 10.1. The highest BCUT2D eigenvalue weighted by Crippen LogP contribution is 2.16. The number of rotatable bonds is 2. The lowest BCUT2D eigenvalue weighted by Gasteiger charge is -2.02. The zero-order valence-corrected chi connectivity index (χ0v) is 6.59. The van der Waals surface area contributed by atoms with Crippen LogP contribution in [0.25, 0.3) is 0 Å². The molecule has 11 heavy (non-hydrogen) atoms. The number of carboxylic acid groups (broad SMARTS) is 1. The number of aromatic carboxylic acids is 1. The molecule has 1 rings (SSSR count). The van der Waals surface area contributed by atoms with Crippen LogP contribution in [0.5, 0.6) is 0 Å². The molecule has 0 amide bonds. The Hall–Kier alpha value is -1.25. The summed E-state index contributed by atoms with van der Waals surface area (Å²) in [6.07, 6.45) is 1.65. The maximum Gasteiger partial charge on any atom is 0.337 e. The fourth-order valence-electron chi connectivity index (χ4n) is 1.05. The maximum absolute atomic E-state index is 10.6. The summed E-state index contributed by atoms with van der Waals surface area (Å²) in [6.45, 7) is 3.91. The van der Waals surface area contributed by atoms with Crippen LogP contribution in [-0.2, 0) is 0 Å². The van der Waals surface area contributed by atoms with Crippen molar-refractivity contribution in [2.75, 3.05) is 0 Å². The second kappa shape index (κ2) is 2.78. The summed E-state index contributed by atoms with van der Waals surface area (Å²) in [6, 6.07) is 1.58. The Morgan fingerprint density at radius 3 is 2.64 bits per heavy atom. The summed E-state index contributed by atoms with van der Waals surface area (Å²) >= 11 is 0. The van der Waals surface area contributed by atoms with E-state index in [9.17, 15) is 4.79 Å². The lowest BCUT2D eigenvalue weighted by molar-refractivity contribution is 0.0695.